The zero-order valence-corrected chi connectivity index (χ0v) is 9.02. The SMILES string of the molecule is COC(CNCc1c([O-])on[n+]1C)OC. The molecule has 0 amide bonds. The Morgan fingerprint density at radius 3 is 2.67 bits per heavy atom. The number of nitrogens with one attached hydrogen (secondary N) is 1. The van der Waals surface area contributed by atoms with Crippen LogP contribution in [-0.2, 0) is 23.1 Å². The van der Waals surface area contributed by atoms with Gasteiger partial charge in [0.2, 0.25) is 5.69 Å². The van der Waals surface area contributed by atoms with E-state index in [1.165, 1.54) is 4.68 Å². The molecule has 0 saturated carbocycles. The minimum absolute atomic E-state index is 0.328. The predicted molar refractivity (Wildman–Crippen MR) is 46.6 cm³/mol. The summed E-state index contributed by atoms with van der Waals surface area (Å²) in [5.74, 6) is -0.434. The highest BCUT2D eigenvalue weighted by molar-refractivity contribution is 5.02. The highest BCUT2D eigenvalue weighted by Crippen LogP contribution is 2.04. The van der Waals surface area contributed by atoms with Crippen molar-refractivity contribution in [2.45, 2.75) is 12.8 Å². The third-order valence-electron chi connectivity index (χ3n) is 2.00. The van der Waals surface area contributed by atoms with Gasteiger partial charge in [-0.3, -0.25) is 0 Å². The molecule has 1 rings (SSSR count). The van der Waals surface area contributed by atoms with E-state index in [1.807, 2.05) is 0 Å². The van der Waals surface area contributed by atoms with Crippen LogP contribution < -0.4 is 15.1 Å². The number of nitrogens with zero attached hydrogens (tertiary/aromatic N) is 2. The van der Waals surface area contributed by atoms with E-state index in [4.69, 9.17) is 9.47 Å². The Kier molecular flexibility index (Phi) is 4.47. The monoisotopic (exact) mass is 217 g/mol. The van der Waals surface area contributed by atoms with Crippen LogP contribution in [0.2, 0.25) is 0 Å². The molecule has 0 aliphatic carbocycles. The molecule has 0 aromatic carbocycles. The quantitative estimate of drug-likeness (QED) is 0.451. The molecule has 7 heteroatoms. The summed E-state index contributed by atoms with van der Waals surface area (Å²) in [6, 6.07) is 0. The zero-order chi connectivity index (χ0) is 11.3. The fraction of sp³-hybridized carbons (Fsp3) is 0.750. The predicted octanol–water partition coefficient (Wildman–Crippen LogP) is -1.72. The lowest BCUT2D eigenvalue weighted by atomic mass is 10.4. The van der Waals surface area contributed by atoms with Crippen molar-refractivity contribution in [2.24, 2.45) is 7.05 Å². The topological polar surface area (TPSA) is 83.5 Å². The van der Waals surface area contributed by atoms with Crippen LogP contribution in [0.4, 0.5) is 0 Å². The minimum Gasteiger partial charge on any atom is -0.539 e. The number of aromatic nitrogens is 2. The zero-order valence-electron chi connectivity index (χ0n) is 9.02. The molecular weight excluding hydrogens is 202 g/mol. The molecule has 0 fully saturated rings. The molecule has 0 spiro atoms. The summed E-state index contributed by atoms with van der Waals surface area (Å²) in [5, 5.41) is 17.6. The van der Waals surface area contributed by atoms with Crippen LogP contribution in [0.25, 0.3) is 0 Å². The Hall–Kier alpha value is -1.18. The van der Waals surface area contributed by atoms with Gasteiger partial charge >= 0.3 is 0 Å². The molecule has 0 aliphatic rings. The van der Waals surface area contributed by atoms with Gasteiger partial charge in [0.25, 0.3) is 0 Å². The Labute approximate surface area is 87.6 Å². The molecule has 0 aliphatic heterocycles. The van der Waals surface area contributed by atoms with E-state index in [-0.39, 0.29) is 6.29 Å². The molecule has 1 aromatic heterocycles. The maximum absolute atomic E-state index is 11.1. The van der Waals surface area contributed by atoms with Crippen molar-refractivity contribution in [2.75, 3.05) is 20.8 Å². The van der Waals surface area contributed by atoms with Gasteiger partial charge in [-0.15, -0.1) is 0 Å². The number of aryl methyl sites for hydroxylation is 1. The first-order valence-corrected chi connectivity index (χ1v) is 4.47. The molecule has 0 atom stereocenters. The number of hydrogen-bond acceptors (Lipinski definition) is 6. The van der Waals surface area contributed by atoms with Crippen LogP contribution in [-0.4, -0.2) is 32.3 Å². The number of ether oxygens (including phenoxy) is 2. The van der Waals surface area contributed by atoms with Gasteiger partial charge in [-0.1, -0.05) is 4.68 Å². The molecule has 0 bridgehead atoms. The Bertz CT molecular complexity index is 279. The van der Waals surface area contributed by atoms with Gasteiger partial charge < -0.3 is 24.4 Å². The van der Waals surface area contributed by atoms with E-state index in [0.717, 1.165) is 0 Å². The highest BCUT2D eigenvalue weighted by Gasteiger charge is 2.13. The van der Waals surface area contributed by atoms with E-state index >= 15 is 0 Å². The van der Waals surface area contributed by atoms with Gasteiger partial charge in [0, 0.05) is 20.8 Å². The van der Waals surface area contributed by atoms with Crippen molar-refractivity contribution in [3.8, 4) is 5.95 Å². The van der Waals surface area contributed by atoms with E-state index in [1.54, 1.807) is 21.3 Å². The number of methoxy groups -OCH3 is 2. The number of rotatable bonds is 6. The van der Waals surface area contributed by atoms with Gasteiger partial charge in [0.15, 0.2) is 19.3 Å². The summed E-state index contributed by atoms with van der Waals surface area (Å²) < 4.78 is 15.8. The third kappa shape index (κ3) is 3.15. The van der Waals surface area contributed by atoms with Crippen LogP contribution in [0.5, 0.6) is 5.95 Å². The second-order valence-electron chi connectivity index (χ2n) is 2.96. The summed E-state index contributed by atoms with van der Waals surface area (Å²) in [6.07, 6.45) is -0.328. The summed E-state index contributed by atoms with van der Waals surface area (Å²) >= 11 is 0. The fourth-order valence-corrected chi connectivity index (χ4v) is 1.09. The van der Waals surface area contributed by atoms with Gasteiger partial charge in [-0.05, 0) is 0 Å². The fourth-order valence-electron chi connectivity index (χ4n) is 1.09. The molecule has 86 valence electrons. The normalized spacial score (nSPS) is 11.2. The first-order valence-electron chi connectivity index (χ1n) is 4.47. The van der Waals surface area contributed by atoms with Crippen molar-refractivity contribution in [1.29, 1.82) is 0 Å². The lowest BCUT2D eigenvalue weighted by Gasteiger charge is -2.12. The smallest absolute Gasteiger partial charge is 0.246 e. The second kappa shape index (κ2) is 5.64. The molecule has 0 unspecified atom stereocenters. The van der Waals surface area contributed by atoms with Crippen LogP contribution in [0.1, 0.15) is 5.69 Å². The second-order valence-corrected chi connectivity index (χ2v) is 2.96. The third-order valence-corrected chi connectivity index (χ3v) is 2.00. The van der Waals surface area contributed by atoms with Crippen molar-refractivity contribution in [1.82, 2.24) is 10.6 Å². The Morgan fingerprint density at radius 2 is 2.20 bits per heavy atom. The van der Waals surface area contributed by atoms with Crippen molar-refractivity contribution in [3.63, 3.8) is 0 Å². The maximum atomic E-state index is 11.1. The van der Waals surface area contributed by atoms with Crippen molar-refractivity contribution in [3.05, 3.63) is 5.69 Å². The van der Waals surface area contributed by atoms with Crippen LogP contribution in [0.15, 0.2) is 4.52 Å². The van der Waals surface area contributed by atoms with Gasteiger partial charge in [-0.25, -0.2) is 0 Å². The van der Waals surface area contributed by atoms with E-state index in [0.29, 0.717) is 18.8 Å². The average Bonchev–Trinajstić information content (AvgIpc) is 2.55. The van der Waals surface area contributed by atoms with E-state index in [9.17, 15) is 5.11 Å². The first-order chi connectivity index (χ1) is 7.19. The molecule has 1 aromatic rings. The number of hydrogen-bond donors (Lipinski definition) is 1. The Balaban J connectivity index is 2.37. The van der Waals surface area contributed by atoms with Crippen LogP contribution in [0.3, 0.4) is 0 Å². The summed E-state index contributed by atoms with van der Waals surface area (Å²) in [6.45, 7) is 0.847. The van der Waals surface area contributed by atoms with E-state index < -0.39 is 5.95 Å². The molecule has 7 nitrogen and oxygen atoms in total. The maximum Gasteiger partial charge on any atom is 0.246 e. The van der Waals surface area contributed by atoms with Crippen LogP contribution >= 0.6 is 0 Å². The van der Waals surface area contributed by atoms with Gasteiger partial charge in [-0.2, -0.15) is 0 Å². The summed E-state index contributed by atoms with van der Waals surface area (Å²) in [7, 11) is 4.74. The van der Waals surface area contributed by atoms with Gasteiger partial charge in [0.1, 0.15) is 0 Å². The standard InChI is InChI=1S/C8H15N3O4/c1-11-6(8(12)15-10-11)4-9-5-7(13-2)14-3/h7,9H,4-5H2,1-3H3. The largest absolute Gasteiger partial charge is 0.539 e. The van der Waals surface area contributed by atoms with Crippen molar-refractivity contribution >= 4 is 0 Å². The molecule has 0 radical (unpaired) electrons. The summed E-state index contributed by atoms with van der Waals surface area (Å²) in [4.78, 5) is 0. The average molecular weight is 217 g/mol. The highest BCUT2D eigenvalue weighted by atomic mass is 16.7. The minimum atomic E-state index is -0.434. The summed E-state index contributed by atoms with van der Waals surface area (Å²) in [5.41, 5.74) is 0.459. The molecular formula is C8H15N3O4. The van der Waals surface area contributed by atoms with Crippen LogP contribution in [0, 0.1) is 0 Å². The first kappa shape index (κ1) is 11.9. The molecule has 1 heterocycles. The Morgan fingerprint density at radius 1 is 1.53 bits per heavy atom. The van der Waals surface area contributed by atoms with E-state index in [2.05, 4.69) is 15.1 Å². The lowest BCUT2D eigenvalue weighted by Crippen LogP contribution is -2.38. The lowest BCUT2D eigenvalue weighted by molar-refractivity contribution is -0.746. The molecule has 15 heavy (non-hydrogen) atoms. The van der Waals surface area contributed by atoms with Gasteiger partial charge in [0.05, 0.1) is 11.8 Å². The van der Waals surface area contributed by atoms with Crippen molar-refractivity contribution < 1.29 is 23.8 Å². The molecule has 1 N–H and O–H groups in total. The molecule has 0 saturated heterocycles.